The molecule has 0 radical (unpaired) electrons. The lowest BCUT2D eigenvalue weighted by atomic mass is 10.1. The zero-order valence-corrected chi connectivity index (χ0v) is 12.4. The third-order valence-corrected chi connectivity index (χ3v) is 4.43. The summed E-state index contributed by atoms with van der Waals surface area (Å²) in [6, 6.07) is 13.3. The van der Waals surface area contributed by atoms with Gasteiger partial charge in [-0.2, -0.15) is 0 Å². The van der Waals surface area contributed by atoms with Crippen molar-refractivity contribution in [2.24, 2.45) is 0 Å². The van der Waals surface area contributed by atoms with Crippen molar-refractivity contribution in [3.8, 4) is 5.75 Å². The van der Waals surface area contributed by atoms with Crippen LogP contribution >= 0.6 is 0 Å². The Morgan fingerprint density at radius 1 is 1.10 bits per heavy atom. The minimum absolute atomic E-state index is 0.0704. The van der Waals surface area contributed by atoms with E-state index in [9.17, 15) is 8.42 Å². The largest absolute Gasteiger partial charge is 0.497 e. The van der Waals surface area contributed by atoms with Crippen LogP contribution in [0.4, 0.5) is 0 Å². The Kier molecular flexibility index (Phi) is 4.95. The molecule has 2 N–H and O–H groups in total. The van der Waals surface area contributed by atoms with Crippen LogP contribution in [0.5, 0.6) is 5.75 Å². The van der Waals surface area contributed by atoms with Crippen molar-refractivity contribution in [1.29, 1.82) is 0 Å². The number of aliphatic hydroxyl groups excluding tert-OH is 1. The smallest absolute Gasteiger partial charge is 0.240 e. The summed E-state index contributed by atoms with van der Waals surface area (Å²) in [6.45, 7) is 0.0985. The third kappa shape index (κ3) is 4.04. The van der Waals surface area contributed by atoms with Crippen LogP contribution in [-0.2, 0) is 23.2 Å². The minimum Gasteiger partial charge on any atom is -0.497 e. The maximum absolute atomic E-state index is 12.2. The van der Waals surface area contributed by atoms with Gasteiger partial charge in [0, 0.05) is 6.54 Å². The van der Waals surface area contributed by atoms with E-state index < -0.39 is 10.0 Å². The summed E-state index contributed by atoms with van der Waals surface area (Å²) in [5, 5.41) is 9.07. The van der Waals surface area contributed by atoms with E-state index in [-0.39, 0.29) is 18.0 Å². The Labute approximate surface area is 124 Å². The summed E-state index contributed by atoms with van der Waals surface area (Å²) < 4.78 is 31.8. The summed E-state index contributed by atoms with van der Waals surface area (Å²) >= 11 is 0. The van der Waals surface area contributed by atoms with E-state index in [0.717, 1.165) is 11.1 Å². The molecular weight excluding hydrogens is 290 g/mol. The van der Waals surface area contributed by atoms with Crippen LogP contribution in [-0.4, -0.2) is 20.6 Å². The number of aliphatic hydroxyl groups is 1. The molecule has 112 valence electrons. The van der Waals surface area contributed by atoms with Crippen molar-refractivity contribution in [3.05, 3.63) is 59.7 Å². The van der Waals surface area contributed by atoms with Crippen LogP contribution in [0.25, 0.3) is 0 Å². The lowest BCUT2D eigenvalue weighted by molar-refractivity contribution is 0.281. The molecule has 0 saturated heterocycles. The molecule has 2 aromatic carbocycles. The lowest BCUT2D eigenvalue weighted by Crippen LogP contribution is -2.23. The number of sulfonamides is 1. The quantitative estimate of drug-likeness (QED) is 0.851. The lowest BCUT2D eigenvalue weighted by Gasteiger charge is -2.08. The standard InChI is InChI=1S/C15H17NO4S/c1-20-14-5-7-15(8-6-14)21(18,19)16-10-12-3-2-4-13(9-12)11-17/h2-9,16-17H,10-11H2,1H3. The van der Waals surface area contributed by atoms with Gasteiger partial charge in [-0.1, -0.05) is 24.3 Å². The highest BCUT2D eigenvalue weighted by molar-refractivity contribution is 7.89. The zero-order valence-electron chi connectivity index (χ0n) is 11.6. The Morgan fingerprint density at radius 2 is 1.76 bits per heavy atom. The van der Waals surface area contributed by atoms with E-state index in [0.29, 0.717) is 5.75 Å². The van der Waals surface area contributed by atoms with Gasteiger partial charge in [-0.3, -0.25) is 0 Å². The van der Waals surface area contributed by atoms with E-state index in [4.69, 9.17) is 9.84 Å². The number of ether oxygens (including phenoxy) is 1. The van der Waals surface area contributed by atoms with Crippen molar-refractivity contribution >= 4 is 10.0 Å². The molecule has 0 unspecified atom stereocenters. The van der Waals surface area contributed by atoms with Gasteiger partial charge in [-0.15, -0.1) is 0 Å². The molecule has 21 heavy (non-hydrogen) atoms. The first-order chi connectivity index (χ1) is 10.0. The van der Waals surface area contributed by atoms with E-state index in [1.165, 1.54) is 19.2 Å². The summed E-state index contributed by atoms with van der Waals surface area (Å²) in [6.07, 6.45) is 0. The van der Waals surface area contributed by atoms with Crippen molar-refractivity contribution in [2.75, 3.05) is 7.11 Å². The molecule has 0 aliphatic rings. The van der Waals surface area contributed by atoms with Gasteiger partial charge in [0.05, 0.1) is 18.6 Å². The first-order valence-corrected chi connectivity index (χ1v) is 7.86. The molecule has 0 aliphatic carbocycles. The molecule has 0 aliphatic heterocycles. The fraction of sp³-hybridized carbons (Fsp3) is 0.200. The maximum atomic E-state index is 12.2. The Bertz CT molecular complexity index is 696. The minimum atomic E-state index is -3.57. The molecule has 2 aromatic rings. The van der Waals surface area contributed by atoms with Crippen molar-refractivity contribution in [1.82, 2.24) is 4.72 Å². The van der Waals surface area contributed by atoms with Crippen LogP contribution in [0.15, 0.2) is 53.4 Å². The van der Waals surface area contributed by atoms with Crippen molar-refractivity contribution in [3.63, 3.8) is 0 Å². The molecule has 6 heteroatoms. The summed E-state index contributed by atoms with van der Waals surface area (Å²) in [7, 11) is -2.05. The molecule has 0 spiro atoms. The van der Waals surface area contributed by atoms with Crippen LogP contribution in [0.1, 0.15) is 11.1 Å². The van der Waals surface area contributed by atoms with Gasteiger partial charge in [-0.05, 0) is 35.4 Å². The van der Waals surface area contributed by atoms with Crippen LogP contribution in [0.2, 0.25) is 0 Å². The topological polar surface area (TPSA) is 75.6 Å². The average molecular weight is 307 g/mol. The zero-order chi connectivity index (χ0) is 15.3. The number of hydrogen-bond donors (Lipinski definition) is 2. The average Bonchev–Trinajstić information content (AvgIpc) is 2.53. The predicted molar refractivity (Wildman–Crippen MR) is 79.4 cm³/mol. The van der Waals surface area contributed by atoms with Gasteiger partial charge in [0.15, 0.2) is 0 Å². The highest BCUT2D eigenvalue weighted by atomic mass is 32.2. The molecule has 0 heterocycles. The Hall–Kier alpha value is -1.89. The molecule has 0 aromatic heterocycles. The third-order valence-electron chi connectivity index (χ3n) is 3.01. The Balaban J connectivity index is 2.09. The monoisotopic (exact) mass is 307 g/mol. The van der Waals surface area contributed by atoms with Gasteiger partial charge in [0.25, 0.3) is 0 Å². The second kappa shape index (κ2) is 6.71. The maximum Gasteiger partial charge on any atom is 0.240 e. The van der Waals surface area contributed by atoms with E-state index in [1.807, 2.05) is 0 Å². The highest BCUT2D eigenvalue weighted by Gasteiger charge is 2.13. The first kappa shape index (κ1) is 15.5. The fourth-order valence-corrected chi connectivity index (χ4v) is 2.87. The van der Waals surface area contributed by atoms with Crippen molar-refractivity contribution < 1.29 is 18.3 Å². The predicted octanol–water partition coefficient (Wildman–Crippen LogP) is 1.67. The second-order valence-electron chi connectivity index (χ2n) is 4.48. The summed E-state index contributed by atoms with van der Waals surface area (Å²) in [4.78, 5) is 0.182. The number of hydrogen-bond acceptors (Lipinski definition) is 4. The van der Waals surface area contributed by atoms with Crippen LogP contribution in [0.3, 0.4) is 0 Å². The number of nitrogens with one attached hydrogen (secondary N) is 1. The van der Waals surface area contributed by atoms with Crippen LogP contribution < -0.4 is 9.46 Å². The van der Waals surface area contributed by atoms with Gasteiger partial charge < -0.3 is 9.84 Å². The molecule has 0 bridgehead atoms. The second-order valence-corrected chi connectivity index (χ2v) is 6.25. The van der Waals surface area contributed by atoms with E-state index in [1.54, 1.807) is 36.4 Å². The molecule has 0 atom stereocenters. The van der Waals surface area contributed by atoms with E-state index in [2.05, 4.69) is 4.72 Å². The first-order valence-electron chi connectivity index (χ1n) is 6.37. The van der Waals surface area contributed by atoms with Crippen molar-refractivity contribution in [2.45, 2.75) is 18.0 Å². The highest BCUT2D eigenvalue weighted by Crippen LogP contribution is 2.15. The number of methoxy groups -OCH3 is 1. The van der Waals surface area contributed by atoms with E-state index >= 15 is 0 Å². The number of rotatable bonds is 6. The molecule has 0 fully saturated rings. The van der Waals surface area contributed by atoms with Gasteiger partial charge in [0.1, 0.15) is 5.75 Å². The van der Waals surface area contributed by atoms with Gasteiger partial charge >= 0.3 is 0 Å². The van der Waals surface area contributed by atoms with Gasteiger partial charge in [0.2, 0.25) is 10.0 Å². The molecule has 5 nitrogen and oxygen atoms in total. The Morgan fingerprint density at radius 3 is 2.38 bits per heavy atom. The summed E-state index contributed by atoms with van der Waals surface area (Å²) in [5.41, 5.74) is 1.54. The number of benzene rings is 2. The molecular formula is C15H17NO4S. The summed E-state index contributed by atoms with van der Waals surface area (Å²) in [5.74, 6) is 0.601. The molecule has 0 amide bonds. The van der Waals surface area contributed by atoms with Gasteiger partial charge in [-0.25, -0.2) is 13.1 Å². The molecule has 0 saturated carbocycles. The normalized spacial score (nSPS) is 11.3. The van der Waals surface area contributed by atoms with Crippen LogP contribution in [0, 0.1) is 0 Å². The fourth-order valence-electron chi connectivity index (χ4n) is 1.85. The molecule has 2 rings (SSSR count). The SMILES string of the molecule is COc1ccc(S(=O)(=O)NCc2cccc(CO)c2)cc1.